The van der Waals surface area contributed by atoms with Gasteiger partial charge in [0.2, 0.25) is 0 Å². The highest BCUT2D eigenvalue weighted by molar-refractivity contribution is 5.71. The number of non-ortho nitro benzene ring substituents is 1. The predicted molar refractivity (Wildman–Crippen MR) is 72.3 cm³/mol. The van der Waals surface area contributed by atoms with Gasteiger partial charge in [-0.1, -0.05) is 13.8 Å². The lowest BCUT2D eigenvalue weighted by molar-refractivity contribution is -0.384. The van der Waals surface area contributed by atoms with E-state index in [4.69, 9.17) is 5.11 Å². The van der Waals surface area contributed by atoms with Gasteiger partial charge in [-0.3, -0.25) is 14.9 Å². The molecule has 1 atom stereocenters. The molecule has 19 heavy (non-hydrogen) atoms. The number of nitrogens with one attached hydrogen (secondary N) is 1. The van der Waals surface area contributed by atoms with Crippen LogP contribution in [0.15, 0.2) is 18.2 Å². The Hall–Kier alpha value is -2.11. The third kappa shape index (κ3) is 3.94. The molecular formula is C13H18N2O4. The SMILES string of the molecule is Cc1cc([N+](=O)[O-])ccc1NCC(C(=O)O)C(C)C. The summed E-state index contributed by atoms with van der Waals surface area (Å²) in [5, 5.41) is 22.7. The number of anilines is 1. The highest BCUT2D eigenvalue weighted by Crippen LogP contribution is 2.22. The van der Waals surface area contributed by atoms with Gasteiger partial charge in [0.15, 0.2) is 0 Å². The Morgan fingerprint density at radius 3 is 2.53 bits per heavy atom. The first-order chi connectivity index (χ1) is 8.82. The van der Waals surface area contributed by atoms with Crippen LogP contribution in [-0.4, -0.2) is 22.5 Å². The van der Waals surface area contributed by atoms with Crippen LogP contribution >= 0.6 is 0 Å². The number of nitro groups is 1. The zero-order valence-electron chi connectivity index (χ0n) is 11.2. The van der Waals surface area contributed by atoms with Gasteiger partial charge in [0.25, 0.3) is 5.69 Å². The third-order valence-electron chi connectivity index (χ3n) is 3.06. The fourth-order valence-electron chi connectivity index (χ4n) is 1.79. The summed E-state index contributed by atoms with van der Waals surface area (Å²) in [5.74, 6) is -1.32. The lowest BCUT2D eigenvalue weighted by Crippen LogP contribution is -2.27. The molecule has 1 unspecified atom stereocenters. The van der Waals surface area contributed by atoms with Crippen LogP contribution in [0, 0.1) is 28.9 Å². The quantitative estimate of drug-likeness (QED) is 0.610. The minimum atomic E-state index is -0.845. The fraction of sp³-hybridized carbons (Fsp3) is 0.462. The summed E-state index contributed by atoms with van der Waals surface area (Å²) in [5.41, 5.74) is 1.47. The first-order valence-corrected chi connectivity index (χ1v) is 6.04. The van der Waals surface area contributed by atoms with E-state index in [2.05, 4.69) is 5.32 Å². The number of carbonyl (C=O) groups is 1. The van der Waals surface area contributed by atoms with E-state index in [9.17, 15) is 14.9 Å². The van der Waals surface area contributed by atoms with E-state index in [0.29, 0.717) is 6.54 Å². The predicted octanol–water partition coefficient (Wildman–Crippen LogP) is 2.67. The van der Waals surface area contributed by atoms with E-state index >= 15 is 0 Å². The molecule has 0 aliphatic heterocycles. The van der Waals surface area contributed by atoms with Crippen molar-refractivity contribution in [1.82, 2.24) is 0 Å². The molecule has 0 saturated carbocycles. The zero-order chi connectivity index (χ0) is 14.6. The molecule has 0 heterocycles. The van der Waals surface area contributed by atoms with E-state index in [0.717, 1.165) is 11.3 Å². The van der Waals surface area contributed by atoms with Crippen molar-refractivity contribution in [3.8, 4) is 0 Å². The Morgan fingerprint density at radius 1 is 1.47 bits per heavy atom. The summed E-state index contributed by atoms with van der Waals surface area (Å²) in [6.45, 7) is 5.75. The van der Waals surface area contributed by atoms with Crippen LogP contribution < -0.4 is 5.32 Å². The normalized spacial score (nSPS) is 12.2. The van der Waals surface area contributed by atoms with E-state index in [-0.39, 0.29) is 11.6 Å². The number of aliphatic carboxylic acids is 1. The molecule has 0 radical (unpaired) electrons. The second-order valence-electron chi connectivity index (χ2n) is 4.83. The Balaban J connectivity index is 2.78. The molecule has 0 fully saturated rings. The van der Waals surface area contributed by atoms with Crippen molar-refractivity contribution >= 4 is 17.3 Å². The lowest BCUT2D eigenvalue weighted by Gasteiger charge is -2.18. The number of hydrogen-bond donors (Lipinski definition) is 2. The molecule has 6 nitrogen and oxygen atoms in total. The minimum Gasteiger partial charge on any atom is -0.481 e. The molecule has 0 amide bonds. The summed E-state index contributed by atoms with van der Waals surface area (Å²) in [4.78, 5) is 21.2. The van der Waals surface area contributed by atoms with Gasteiger partial charge >= 0.3 is 5.97 Å². The molecule has 1 aromatic carbocycles. The number of benzene rings is 1. The summed E-state index contributed by atoms with van der Waals surface area (Å²) >= 11 is 0. The first kappa shape index (κ1) is 14.9. The lowest BCUT2D eigenvalue weighted by atomic mass is 9.96. The average Bonchev–Trinajstić information content (AvgIpc) is 2.29. The number of aryl methyl sites for hydroxylation is 1. The van der Waals surface area contributed by atoms with E-state index < -0.39 is 16.8 Å². The molecule has 104 valence electrons. The Labute approximate surface area is 111 Å². The standard InChI is InChI=1S/C13H18N2O4/c1-8(2)11(13(16)17)7-14-12-5-4-10(15(18)19)6-9(12)3/h4-6,8,11,14H,7H2,1-3H3,(H,16,17). The van der Waals surface area contributed by atoms with Crippen molar-refractivity contribution in [2.75, 3.05) is 11.9 Å². The third-order valence-corrected chi connectivity index (χ3v) is 3.06. The Kier molecular flexibility index (Phi) is 4.86. The maximum atomic E-state index is 11.1. The van der Waals surface area contributed by atoms with Crippen LogP contribution in [0.2, 0.25) is 0 Å². The number of rotatable bonds is 6. The van der Waals surface area contributed by atoms with E-state index in [1.54, 1.807) is 13.0 Å². The molecule has 0 aliphatic rings. The van der Waals surface area contributed by atoms with Gasteiger partial charge in [0, 0.05) is 24.4 Å². The van der Waals surface area contributed by atoms with Gasteiger partial charge in [0.1, 0.15) is 0 Å². The smallest absolute Gasteiger partial charge is 0.308 e. The molecule has 1 rings (SSSR count). The van der Waals surface area contributed by atoms with E-state index in [1.165, 1.54) is 12.1 Å². The van der Waals surface area contributed by atoms with Crippen LogP contribution in [0.25, 0.3) is 0 Å². The molecular weight excluding hydrogens is 248 g/mol. The summed E-state index contributed by atoms with van der Waals surface area (Å²) in [7, 11) is 0. The number of nitro benzene ring substituents is 1. The number of carboxylic acid groups (broad SMARTS) is 1. The van der Waals surface area contributed by atoms with Gasteiger partial charge in [-0.15, -0.1) is 0 Å². The molecule has 0 aliphatic carbocycles. The number of hydrogen-bond acceptors (Lipinski definition) is 4. The fourth-order valence-corrected chi connectivity index (χ4v) is 1.79. The molecule has 0 spiro atoms. The summed E-state index contributed by atoms with van der Waals surface area (Å²) < 4.78 is 0. The highest BCUT2D eigenvalue weighted by Gasteiger charge is 2.21. The summed E-state index contributed by atoms with van der Waals surface area (Å²) in [6, 6.07) is 4.47. The first-order valence-electron chi connectivity index (χ1n) is 6.04. The van der Waals surface area contributed by atoms with Gasteiger partial charge in [-0.25, -0.2) is 0 Å². The molecule has 0 saturated heterocycles. The van der Waals surface area contributed by atoms with Gasteiger partial charge < -0.3 is 10.4 Å². The van der Waals surface area contributed by atoms with Gasteiger partial charge in [-0.05, 0) is 24.5 Å². The Bertz CT molecular complexity index is 486. The van der Waals surface area contributed by atoms with Gasteiger partial charge in [-0.2, -0.15) is 0 Å². The van der Waals surface area contributed by atoms with Crippen LogP contribution in [0.1, 0.15) is 19.4 Å². The van der Waals surface area contributed by atoms with Crippen LogP contribution in [0.4, 0.5) is 11.4 Å². The largest absolute Gasteiger partial charge is 0.481 e. The van der Waals surface area contributed by atoms with Crippen LogP contribution in [-0.2, 0) is 4.79 Å². The molecule has 2 N–H and O–H groups in total. The monoisotopic (exact) mass is 266 g/mol. The number of nitrogens with zero attached hydrogens (tertiary/aromatic N) is 1. The van der Waals surface area contributed by atoms with Crippen LogP contribution in [0.5, 0.6) is 0 Å². The molecule has 0 aromatic heterocycles. The summed E-state index contributed by atoms with van der Waals surface area (Å²) in [6.07, 6.45) is 0. The molecule has 0 bridgehead atoms. The highest BCUT2D eigenvalue weighted by atomic mass is 16.6. The minimum absolute atomic E-state index is 0.0170. The topological polar surface area (TPSA) is 92.5 Å². The second-order valence-corrected chi connectivity index (χ2v) is 4.83. The molecule has 6 heteroatoms. The zero-order valence-corrected chi connectivity index (χ0v) is 11.2. The van der Waals surface area contributed by atoms with Crippen LogP contribution in [0.3, 0.4) is 0 Å². The van der Waals surface area contributed by atoms with Gasteiger partial charge in [0.05, 0.1) is 10.8 Å². The maximum Gasteiger partial charge on any atom is 0.308 e. The van der Waals surface area contributed by atoms with Crippen molar-refractivity contribution in [2.45, 2.75) is 20.8 Å². The van der Waals surface area contributed by atoms with Crippen molar-refractivity contribution in [2.24, 2.45) is 11.8 Å². The van der Waals surface area contributed by atoms with Crippen molar-refractivity contribution in [3.63, 3.8) is 0 Å². The average molecular weight is 266 g/mol. The Morgan fingerprint density at radius 2 is 2.11 bits per heavy atom. The van der Waals surface area contributed by atoms with Crippen molar-refractivity contribution in [1.29, 1.82) is 0 Å². The maximum absolute atomic E-state index is 11.1. The number of carboxylic acids is 1. The van der Waals surface area contributed by atoms with E-state index in [1.807, 2.05) is 13.8 Å². The van der Waals surface area contributed by atoms with Crippen molar-refractivity contribution < 1.29 is 14.8 Å². The van der Waals surface area contributed by atoms with Crippen molar-refractivity contribution in [3.05, 3.63) is 33.9 Å². The second kappa shape index (κ2) is 6.17. The molecule has 1 aromatic rings.